The van der Waals surface area contributed by atoms with E-state index in [2.05, 4.69) is 0 Å². The third kappa shape index (κ3) is 3.54. The maximum absolute atomic E-state index is 13.1. The van der Waals surface area contributed by atoms with Crippen LogP contribution in [0.4, 0.5) is 4.39 Å². The lowest BCUT2D eigenvalue weighted by Crippen LogP contribution is -2.10. The molecule has 4 nitrogen and oxygen atoms in total. The van der Waals surface area contributed by atoms with Gasteiger partial charge in [-0.1, -0.05) is 17.7 Å². The first-order valence-corrected chi connectivity index (χ1v) is 6.77. The van der Waals surface area contributed by atoms with Crippen molar-refractivity contribution in [2.45, 2.75) is 6.92 Å². The van der Waals surface area contributed by atoms with E-state index in [0.29, 0.717) is 6.61 Å². The van der Waals surface area contributed by atoms with Crippen molar-refractivity contribution in [1.29, 1.82) is 5.26 Å². The molecule has 22 heavy (non-hydrogen) atoms. The Kier molecular flexibility index (Phi) is 4.97. The van der Waals surface area contributed by atoms with Crippen LogP contribution in [0.1, 0.15) is 22.8 Å². The number of ether oxygens (including phenoxy) is 2. The number of nitrogens with zero attached hydrogens (tertiary/aromatic N) is 1. The summed E-state index contributed by atoms with van der Waals surface area (Å²) in [6.45, 7) is 2.04. The maximum Gasteiger partial charge on any atom is 0.343 e. The van der Waals surface area contributed by atoms with Crippen molar-refractivity contribution in [2.24, 2.45) is 0 Å². The molecule has 0 heterocycles. The molecule has 0 amide bonds. The van der Waals surface area contributed by atoms with Gasteiger partial charge >= 0.3 is 5.97 Å². The molecule has 0 N–H and O–H groups in total. The van der Waals surface area contributed by atoms with Crippen LogP contribution in [0.2, 0.25) is 5.02 Å². The van der Waals surface area contributed by atoms with Gasteiger partial charge in [-0.3, -0.25) is 0 Å². The quantitative estimate of drug-likeness (QED) is 0.632. The smallest absolute Gasteiger partial charge is 0.343 e. The highest BCUT2D eigenvalue weighted by molar-refractivity contribution is 6.32. The third-order valence-corrected chi connectivity index (χ3v) is 2.97. The average molecular weight is 320 g/mol. The zero-order chi connectivity index (χ0) is 16.1. The standard InChI is InChI=1S/C16H11ClFNO3/c1-2-21-14-7-10(9-19)6-13(17)15(14)22-16(20)11-4-3-5-12(18)8-11/h3-8H,2H2,1H3. The van der Waals surface area contributed by atoms with E-state index >= 15 is 0 Å². The Hall–Kier alpha value is -2.58. The minimum absolute atomic E-state index is 0.00298. The van der Waals surface area contributed by atoms with Crippen LogP contribution in [-0.2, 0) is 0 Å². The van der Waals surface area contributed by atoms with E-state index in [1.54, 1.807) is 6.92 Å². The summed E-state index contributed by atoms with van der Waals surface area (Å²) in [6, 6.07) is 9.81. The highest BCUT2D eigenvalue weighted by atomic mass is 35.5. The van der Waals surface area contributed by atoms with Crippen LogP contribution < -0.4 is 9.47 Å². The monoisotopic (exact) mass is 319 g/mol. The van der Waals surface area contributed by atoms with E-state index in [4.69, 9.17) is 26.3 Å². The van der Waals surface area contributed by atoms with Crippen LogP contribution in [0.25, 0.3) is 0 Å². The number of hydrogen-bond donors (Lipinski definition) is 0. The van der Waals surface area contributed by atoms with Crippen molar-refractivity contribution < 1.29 is 18.7 Å². The Labute approximate surface area is 131 Å². The Morgan fingerprint density at radius 2 is 2.14 bits per heavy atom. The van der Waals surface area contributed by atoms with Gasteiger partial charge < -0.3 is 9.47 Å². The second-order valence-electron chi connectivity index (χ2n) is 4.23. The highest BCUT2D eigenvalue weighted by Crippen LogP contribution is 2.37. The van der Waals surface area contributed by atoms with E-state index in [9.17, 15) is 9.18 Å². The minimum atomic E-state index is -0.771. The number of benzene rings is 2. The molecular formula is C16H11ClFNO3. The second kappa shape index (κ2) is 6.92. The number of carbonyl (C=O) groups excluding carboxylic acids is 1. The van der Waals surface area contributed by atoms with Crippen molar-refractivity contribution in [3.63, 3.8) is 0 Å². The van der Waals surface area contributed by atoms with Gasteiger partial charge in [0.2, 0.25) is 0 Å². The summed E-state index contributed by atoms with van der Waals surface area (Å²) in [5, 5.41) is 8.98. The van der Waals surface area contributed by atoms with E-state index in [1.807, 2.05) is 6.07 Å². The summed E-state index contributed by atoms with van der Waals surface area (Å²) in [6.07, 6.45) is 0. The van der Waals surface area contributed by atoms with Gasteiger partial charge in [0.15, 0.2) is 11.5 Å². The molecule has 0 aliphatic heterocycles. The summed E-state index contributed by atoms with van der Waals surface area (Å²) in [5.74, 6) is -1.15. The fraction of sp³-hybridized carbons (Fsp3) is 0.125. The Balaban J connectivity index is 2.36. The lowest BCUT2D eigenvalue weighted by Gasteiger charge is -2.12. The molecule has 2 aromatic carbocycles. The molecule has 0 aliphatic carbocycles. The summed E-state index contributed by atoms with van der Waals surface area (Å²) < 4.78 is 23.7. The molecular weight excluding hydrogens is 309 g/mol. The molecule has 0 saturated carbocycles. The molecule has 0 radical (unpaired) electrons. The molecule has 6 heteroatoms. The second-order valence-corrected chi connectivity index (χ2v) is 4.64. The lowest BCUT2D eigenvalue weighted by atomic mass is 10.2. The predicted molar refractivity (Wildman–Crippen MR) is 78.7 cm³/mol. The van der Waals surface area contributed by atoms with Gasteiger partial charge in [0, 0.05) is 6.07 Å². The van der Waals surface area contributed by atoms with Crippen molar-refractivity contribution in [2.75, 3.05) is 6.61 Å². The molecule has 0 atom stereocenters. The summed E-state index contributed by atoms with van der Waals surface area (Å²) >= 11 is 6.03. The maximum atomic E-state index is 13.1. The SMILES string of the molecule is CCOc1cc(C#N)cc(Cl)c1OC(=O)c1cccc(F)c1. The van der Waals surface area contributed by atoms with Crippen molar-refractivity contribution in [1.82, 2.24) is 0 Å². The topological polar surface area (TPSA) is 59.3 Å². The van der Waals surface area contributed by atoms with Crippen molar-refractivity contribution in [3.8, 4) is 17.6 Å². The third-order valence-electron chi connectivity index (χ3n) is 2.69. The molecule has 0 bridgehead atoms. The fourth-order valence-corrected chi connectivity index (χ4v) is 2.01. The van der Waals surface area contributed by atoms with Gasteiger partial charge in [-0.25, -0.2) is 9.18 Å². The zero-order valence-corrected chi connectivity index (χ0v) is 12.4. The van der Waals surface area contributed by atoms with E-state index in [1.165, 1.54) is 30.3 Å². The van der Waals surface area contributed by atoms with Gasteiger partial charge in [-0.15, -0.1) is 0 Å². The Bertz CT molecular complexity index is 756. The van der Waals surface area contributed by atoms with Gasteiger partial charge in [-0.05, 0) is 31.2 Å². The fourth-order valence-electron chi connectivity index (χ4n) is 1.76. The zero-order valence-electron chi connectivity index (χ0n) is 11.6. The minimum Gasteiger partial charge on any atom is -0.490 e. The first-order valence-electron chi connectivity index (χ1n) is 6.39. The molecule has 112 valence electrons. The number of esters is 1. The van der Waals surface area contributed by atoms with Crippen LogP contribution in [-0.4, -0.2) is 12.6 Å². The number of carbonyl (C=O) groups is 1. The summed E-state index contributed by atoms with van der Waals surface area (Å²) in [4.78, 5) is 12.1. The summed E-state index contributed by atoms with van der Waals surface area (Å²) in [7, 11) is 0. The molecule has 2 aromatic rings. The molecule has 2 rings (SSSR count). The average Bonchev–Trinajstić information content (AvgIpc) is 2.50. The molecule has 0 fully saturated rings. The highest BCUT2D eigenvalue weighted by Gasteiger charge is 2.18. The van der Waals surface area contributed by atoms with Gasteiger partial charge in [0.25, 0.3) is 0 Å². The number of nitriles is 1. The first kappa shape index (κ1) is 15.8. The Morgan fingerprint density at radius 3 is 2.77 bits per heavy atom. The Morgan fingerprint density at radius 1 is 1.36 bits per heavy atom. The van der Waals surface area contributed by atoms with Crippen LogP contribution in [0.5, 0.6) is 11.5 Å². The van der Waals surface area contributed by atoms with Crippen molar-refractivity contribution in [3.05, 3.63) is 58.4 Å². The number of rotatable bonds is 4. The predicted octanol–water partition coefficient (Wildman–Crippen LogP) is 3.97. The van der Waals surface area contributed by atoms with E-state index < -0.39 is 11.8 Å². The largest absolute Gasteiger partial charge is 0.490 e. The summed E-state index contributed by atoms with van der Waals surface area (Å²) in [5.41, 5.74) is 0.321. The first-order chi connectivity index (χ1) is 10.5. The van der Waals surface area contributed by atoms with Crippen molar-refractivity contribution >= 4 is 17.6 Å². The molecule has 0 saturated heterocycles. The molecule has 0 aliphatic rings. The van der Waals surface area contributed by atoms with Crippen LogP contribution >= 0.6 is 11.6 Å². The lowest BCUT2D eigenvalue weighted by molar-refractivity contribution is 0.0728. The van der Waals surface area contributed by atoms with E-state index in [0.717, 1.165) is 6.07 Å². The molecule has 0 aromatic heterocycles. The molecule has 0 spiro atoms. The van der Waals surface area contributed by atoms with Gasteiger partial charge in [0.05, 0.1) is 28.8 Å². The number of hydrogen-bond acceptors (Lipinski definition) is 4. The normalized spacial score (nSPS) is 9.91. The van der Waals surface area contributed by atoms with Gasteiger partial charge in [-0.2, -0.15) is 5.26 Å². The van der Waals surface area contributed by atoms with E-state index in [-0.39, 0.29) is 27.6 Å². The van der Waals surface area contributed by atoms with Crippen LogP contribution in [0.3, 0.4) is 0 Å². The van der Waals surface area contributed by atoms with Gasteiger partial charge in [0.1, 0.15) is 5.82 Å². The number of halogens is 2. The van der Waals surface area contributed by atoms with Crippen LogP contribution in [0.15, 0.2) is 36.4 Å². The molecule has 0 unspecified atom stereocenters. The van der Waals surface area contributed by atoms with Crippen LogP contribution in [0, 0.1) is 17.1 Å².